The fraction of sp³-hybridized carbons (Fsp3) is 0.125. The van der Waals surface area contributed by atoms with E-state index < -0.39 is 0 Å². The Morgan fingerprint density at radius 3 is 2.95 bits per heavy atom. The van der Waals surface area contributed by atoms with Crippen molar-refractivity contribution in [1.29, 1.82) is 0 Å². The van der Waals surface area contributed by atoms with Gasteiger partial charge in [-0.3, -0.25) is 4.98 Å². The molecule has 20 heavy (non-hydrogen) atoms. The molecule has 0 saturated carbocycles. The van der Waals surface area contributed by atoms with Crippen LogP contribution in [0.5, 0.6) is 0 Å². The summed E-state index contributed by atoms with van der Waals surface area (Å²) < 4.78 is 1.76. The van der Waals surface area contributed by atoms with E-state index in [9.17, 15) is 0 Å². The van der Waals surface area contributed by atoms with Gasteiger partial charge >= 0.3 is 0 Å². The molecule has 2 aromatic heterocycles. The first-order chi connectivity index (χ1) is 9.69. The van der Waals surface area contributed by atoms with Crippen molar-refractivity contribution in [1.82, 2.24) is 14.5 Å². The van der Waals surface area contributed by atoms with E-state index in [1.54, 1.807) is 10.9 Å². The first-order valence-corrected chi connectivity index (χ1v) is 6.31. The molecule has 0 saturated heterocycles. The molecule has 0 aliphatic heterocycles. The number of nitrogens with two attached hydrogens (primary N) is 1. The summed E-state index contributed by atoms with van der Waals surface area (Å²) in [6.07, 6.45) is 6.97. The summed E-state index contributed by atoms with van der Waals surface area (Å²) in [4.78, 5) is 8.84. The van der Waals surface area contributed by atoms with Crippen molar-refractivity contribution in [3.8, 4) is 23.6 Å². The van der Waals surface area contributed by atoms with Crippen molar-refractivity contribution in [3.05, 3.63) is 42.4 Å². The molecule has 4 nitrogen and oxygen atoms in total. The molecule has 0 aliphatic carbocycles. The molecular formula is C16H14N4. The second kappa shape index (κ2) is 4.71. The Morgan fingerprint density at radius 1 is 1.30 bits per heavy atom. The number of pyridine rings is 1. The molecule has 0 spiro atoms. The predicted octanol–water partition coefficient (Wildman–Crippen LogP) is 2.62. The number of nitrogen functional groups attached to an aromatic ring is 1. The zero-order valence-corrected chi connectivity index (χ0v) is 11.2. The van der Waals surface area contributed by atoms with Crippen molar-refractivity contribution in [3.63, 3.8) is 0 Å². The summed E-state index contributed by atoms with van der Waals surface area (Å²) in [5.74, 6) is 3.14. The molecule has 0 atom stereocenters. The first-order valence-electron chi connectivity index (χ1n) is 6.31. The fourth-order valence-corrected chi connectivity index (χ4v) is 2.21. The number of aromatic nitrogens is 3. The normalized spacial score (nSPS) is 10.6. The molecule has 1 aromatic carbocycles. The Morgan fingerprint density at radius 2 is 2.15 bits per heavy atom. The van der Waals surface area contributed by atoms with Crippen LogP contribution in [0.1, 0.15) is 5.69 Å². The quantitative estimate of drug-likeness (QED) is 0.722. The number of imidazole rings is 1. The lowest BCUT2D eigenvalue weighted by molar-refractivity contribution is 0.852. The zero-order valence-electron chi connectivity index (χ0n) is 11.2. The summed E-state index contributed by atoms with van der Waals surface area (Å²) in [5.41, 5.74) is 9.77. The largest absolute Gasteiger partial charge is 0.383 e. The van der Waals surface area contributed by atoms with Gasteiger partial charge in [-0.1, -0.05) is 18.1 Å². The van der Waals surface area contributed by atoms with Crippen molar-refractivity contribution in [2.24, 2.45) is 0 Å². The van der Waals surface area contributed by atoms with Crippen molar-refractivity contribution < 1.29 is 0 Å². The van der Waals surface area contributed by atoms with Gasteiger partial charge in [0.25, 0.3) is 0 Å². The third-order valence-corrected chi connectivity index (χ3v) is 3.24. The Labute approximate surface area is 117 Å². The molecule has 0 amide bonds. The van der Waals surface area contributed by atoms with Crippen LogP contribution in [0.25, 0.3) is 22.2 Å². The molecule has 0 unspecified atom stereocenters. The Bertz CT molecular complexity index is 824. The molecule has 2 N–H and O–H groups in total. The molecule has 0 aliphatic rings. The lowest BCUT2D eigenvalue weighted by atomic mass is 10.1. The van der Waals surface area contributed by atoms with E-state index in [-0.39, 0.29) is 0 Å². The van der Waals surface area contributed by atoms with Crippen molar-refractivity contribution in [2.75, 3.05) is 5.73 Å². The van der Waals surface area contributed by atoms with Crippen molar-refractivity contribution in [2.45, 2.75) is 13.5 Å². The lowest BCUT2D eigenvalue weighted by Gasteiger charge is -2.04. The van der Waals surface area contributed by atoms with E-state index in [4.69, 9.17) is 12.2 Å². The molecule has 0 fully saturated rings. The van der Waals surface area contributed by atoms with Crippen LogP contribution in [-0.4, -0.2) is 14.5 Å². The average molecular weight is 262 g/mol. The first kappa shape index (κ1) is 12.2. The minimum atomic E-state index is 0.424. The number of terminal acetylenes is 1. The van der Waals surface area contributed by atoms with Crippen molar-refractivity contribution >= 4 is 16.7 Å². The highest BCUT2D eigenvalue weighted by Crippen LogP contribution is 2.27. The van der Waals surface area contributed by atoms with Gasteiger partial charge in [-0.05, 0) is 25.1 Å². The molecular weight excluding hydrogens is 248 g/mol. The highest BCUT2D eigenvalue weighted by Gasteiger charge is 2.10. The summed E-state index contributed by atoms with van der Waals surface area (Å²) in [6, 6.07) is 10.0. The third-order valence-electron chi connectivity index (χ3n) is 3.24. The van der Waals surface area contributed by atoms with Gasteiger partial charge in [-0.2, -0.15) is 0 Å². The van der Waals surface area contributed by atoms with Gasteiger partial charge in [-0.25, -0.2) is 4.98 Å². The smallest absolute Gasteiger partial charge is 0.132 e. The number of benzene rings is 1. The molecule has 3 rings (SSSR count). The molecule has 0 bridgehead atoms. The van der Waals surface area contributed by atoms with Gasteiger partial charge in [-0.15, -0.1) is 6.42 Å². The van der Waals surface area contributed by atoms with Crippen LogP contribution in [-0.2, 0) is 6.54 Å². The Hall–Kier alpha value is -2.80. The lowest BCUT2D eigenvalue weighted by Crippen LogP contribution is -2.00. The maximum atomic E-state index is 6.08. The van der Waals surface area contributed by atoms with E-state index in [1.165, 1.54) is 0 Å². The minimum absolute atomic E-state index is 0.424. The van der Waals surface area contributed by atoms with E-state index in [0.717, 1.165) is 27.9 Å². The SMILES string of the molecule is C#CCn1cnc(-c2ccc3nc(C)ccc3c2)c1N. The van der Waals surface area contributed by atoms with Gasteiger partial charge < -0.3 is 10.3 Å². The van der Waals surface area contributed by atoms with E-state index in [0.29, 0.717) is 12.4 Å². The highest BCUT2D eigenvalue weighted by molar-refractivity contribution is 5.85. The third kappa shape index (κ3) is 1.99. The van der Waals surface area contributed by atoms with E-state index in [2.05, 4.69) is 22.0 Å². The van der Waals surface area contributed by atoms with Crippen LogP contribution in [0, 0.1) is 19.3 Å². The van der Waals surface area contributed by atoms with Crippen LogP contribution < -0.4 is 5.73 Å². The fourth-order valence-electron chi connectivity index (χ4n) is 2.21. The summed E-state index contributed by atoms with van der Waals surface area (Å²) in [7, 11) is 0. The van der Waals surface area contributed by atoms with Crippen LogP contribution in [0.4, 0.5) is 5.82 Å². The average Bonchev–Trinajstić information content (AvgIpc) is 2.80. The van der Waals surface area contributed by atoms with Gasteiger partial charge in [0.15, 0.2) is 0 Å². The maximum absolute atomic E-state index is 6.08. The number of anilines is 1. The van der Waals surface area contributed by atoms with Gasteiger partial charge in [0.2, 0.25) is 0 Å². The number of rotatable bonds is 2. The van der Waals surface area contributed by atoms with Crippen LogP contribution in [0.15, 0.2) is 36.7 Å². The summed E-state index contributed by atoms with van der Waals surface area (Å²) >= 11 is 0. The van der Waals surface area contributed by atoms with Crippen LogP contribution in [0.2, 0.25) is 0 Å². The standard InChI is InChI=1S/C16H14N4/c1-3-8-20-10-18-15(16(20)17)13-6-7-14-12(9-13)5-4-11(2)19-14/h1,4-7,9-10H,8,17H2,2H3. The van der Waals surface area contributed by atoms with Gasteiger partial charge in [0.05, 0.1) is 18.4 Å². The summed E-state index contributed by atoms with van der Waals surface area (Å²) in [6.45, 7) is 2.40. The summed E-state index contributed by atoms with van der Waals surface area (Å²) in [5, 5.41) is 1.07. The number of hydrogen-bond donors (Lipinski definition) is 1. The molecule has 0 radical (unpaired) electrons. The van der Waals surface area contributed by atoms with E-state index >= 15 is 0 Å². The minimum Gasteiger partial charge on any atom is -0.383 e. The monoisotopic (exact) mass is 262 g/mol. The molecule has 98 valence electrons. The van der Waals surface area contributed by atoms with Crippen LogP contribution >= 0.6 is 0 Å². The topological polar surface area (TPSA) is 56.7 Å². The van der Waals surface area contributed by atoms with E-state index in [1.807, 2.05) is 31.2 Å². The number of hydrogen-bond acceptors (Lipinski definition) is 3. The number of nitrogens with zero attached hydrogens (tertiary/aromatic N) is 3. The zero-order chi connectivity index (χ0) is 14.1. The maximum Gasteiger partial charge on any atom is 0.132 e. The van der Waals surface area contributed by atoms with Gasteiger partial charge in [0.1, 0.15) is 11.5 Å². The predicted molar refractivity (Wildman–Crippen MR) is 80.9 cm³/mol. The van der Waals surface area contributed by atoms with Gasteiger partial charge in [0, 0.05) is 16.6 Å². The molecule has 3 aromatic rings. The Balaban J connectivity index is 2.11. The second-order valence-corrected chi connectivity index (χ2v) is 4.67. The second-order valence-electron chi connectivity index (χ2n) is 4.67. The molecule has 4 heteroatoms. The molecule has 2 heterocycles. The van der Waals surface area contributed by atoms with Crippen LogP contribution in [0.3, 0.4) is 0 Å². The number of aryl methyl sites for hydroxylation is 1. The number of fused-ring (bicyclic) bond motifs is 1. The Kier molecular flexibility index (Phi) is 2.88. The highest BCUT2D eigenvalue weighted by atomic mass is 15.1.